The van der Waals surface area contributed by atoms with Crippen LogP contribution in [0.5, 0.6) is 0 Å². The molecule has 1 aliphatic rings. The van der Waals surface area contributed by atoms with Gasteiger partial charge in [-0.1, -0.05) is 13.8 Å². The summed E-state index contributed by atoms with van der Waals surface area (Å²) >= 11 is 0. The van der Waals surface area contributed by atoms with Gasteiger partial charge in [-0.05, 0) is 43.4 Å². The van der Waals surface area contributed by atoms with E-state index in [4.69, 9.17) is 5.73 Å². The molecule has 1 unspecified atom stereocenters. The summed E-state index contributed by atoms with van der Waals surface area (Å²) in [7, 11) is 0. The number of pyridine rings is 1. The highest BCUT2D eigenvalue weighted by atomic mass is 15.2. The third-order valence-corrected chi connectivity index (χ3v) is 3.66. The fraction of sp³-hybridized carbons (Fsp3) is 0.643. The van der Waals surface area contributed by atoms with Crippen molar-refractivity contribution in [1.82, 2.24) is 4.98 Å². The van der Waals surface area contributed by atoms with Gasteiger partial charge in [-0.3, -0.25) is 0 Å². The van der Waals surface area contributed by atoms with Crippen molar-refractivity contribution >= 4 is 5.82 Å². The second-order valence-electron chi connectivity index (χ2n) is 5.38. The van der Waals surface area contributed by atoms with Crippen LogP contribution in [0.4, 0.5) is 5.82 Å². The van der Waals surface area contributed by atoms with Gasteiger partial charge in [-0.25, -0.2) is 4.98 Å². The van der Waals surface area contributed by atoms with E-state index in [0.29, 0.717) is 12.0 Å². The first-order valence-corrected chi connectivity index (χ1v) is 6.57. The Morgan fingerprint density at radius 2 is 2.18 bits per heavy atom. The van der Waals surface area contributed by atoms with Crippen LogP contribution in [0.2, 0.25) is 0 Å². The molecule has 0 radical (unpaired) electrons. The van der Waals surface area contributed by atoms with Crippen molar-refractivity contribution in [1.29, 1.82) is 0 Å². The minimum absolute atomic E-state index is 0.0804. The lowest BCUT2D eigenvalue weighted by atomic mass is 10.0. The molecule has 1 aliphatic heterocycles. The third-order valence-electron chi connectivity index (χ3n) is 3.66. The Morgan fingerprint density at radius 3 is 2.82 bits per heavy atom. The van der Waals surface area contributed by atoms with Crippen molar-refractivity contribution in [2.24, 2.45) is 11.7 Å². The lowest BCUT2D eigenvalue weighted by molar-refractivity contribution is 0.489. The van der Waals surface area contributed by atoms with Crippen LogP contribution in [-0.2, 0) is 0 Å². The number of aromatic nitrogens is 1. The Kier molecular flexibility index (Phi) is 3.67. The van der Waals surface area contributed by atoms with Crippen molar-refractivity contribution in [2.75, 3.05) is 11.4 Å². The summed E-state index contributed by atoms with van der Waals surface area (Å²) < 4.78 is 0. The van der Waals surface area contributed by atoms with Crippen LogP contribution in [0.1, 0.15) is 45.2 Å². The highest BCUT2D eigenvalue weighted by Gasteiger charge is 2.28. The Labute approximate surface area is 104 Å². The Bertz CT molecular complexity index is 373. The first-order valence-electron chi connectivity index (χ1n) is 6.57. The summed E-state index contributed by atoms with van der Waals surface area (Å²) in [5, 5.41) is 0. The molecule has 0 aromatic carbocycles. The summed E-state index contributed by atoms with van der Waals surface area (Å²) in [5.74, 6) is 1.77. The van der Waals surface area contributed by atoms with E-state index in [2.05, 4.69) is 29.8 Å². The molecule has 1 aromatic heterocycles. The summed E-state index contributed by atoms with van der Waals surface area (Å²) in [6, 6.07) is 4.86. The number of hydrogen-bond donors (Lipinski definition) is 1. The molecule has 0 saturated carbocycles. The Morgan fingerprint density at radius 1 is 1.41 bits per heavy atom. The summed E-state index contributed by atoms with van der Waals surface area (Å²) in [5.41, 5.74) is 7.10. The highest BCUT2D eigenvalue weighted by molar-refractivity contribution is 5.44. The van der Waals surface area contributed by atoms with E-state index < -0.39 is 0 Å². The molecule has 1 saturated heterocycles. The maximum Gasteiger partial charge on any atom is 0.129 e. The molecule has 1 fully saturated rings. The van der Waals surface area contributed by atoms with E-state index in [1.807, 2.05) is 19.2 Å². The topological polar surface area (TPSA) is 42.1 Å². The van der Waals surface area contributed by atoms with E-state index in [-0.39, 0.29) is 6.04 Å². The van der Waals surface area contributed by atoms with Crippen molar-refractivity contribution in [2.45, 2.75) is 45.7 Å². The summed E-state index contributed by atoms with van der Waals surface area (Å²) in [4.78, 5) is 6.95. The summed E-state index contributed by atoms with van der Waals surface area (Å²) in [6.45, 7) is 7.72. The van der Waals surface area contributed by atoms with Gasteiger partial charge in [0.25, 0.3) is 0 Å². The van der Waals surface area contributed by atoms with Crippen molar-refractivity contribution < 1.29 is 0 Å². The fourth-order valence-electron chi connectivity index (χ4n) is 2.64. The molecule has 17 heavy (non-hydrogen) atoms. The molecule has 0 bridgehead atoms. The molecule has 2 N–H and O–H groups in total. The van der Waals surface area contributed by atoms with Gasteiger partial charge in [0, 0.05) is 24.8 Å². The van der Waals surface area contributed by atoms with E-state index in [1.165, 1.54) is 18.4 Å². The standard InChI is InChI=1S/C14H23N3/c1-10(2)13-5-4-8-17(13)14-9-12(11(3)15)6-7-16-14/h6-7,9-11,13H,4-5,8,15H2,1-3H3/t11-,13?/m1/s1. The average Bonchev–Trinajstić information content (AvgIpc) is 2.78. The van der Waals surface area contributed by atoms with Crippen LogP contribution >= 0.6 is 0 Å². The number of hydrogen-bond acceptors (Lipinski definition) is 3. The quantitative estimate of drug-likeness (QED) is 0.873. The summed E-state index contributed by atoms with van der Waals surface area (Å²) in [6.07, 6.45) is 4.43. The van der Waals surface area contributed by atoms with Gasteiger partial charge in [0.2, 0.25) is 0 Å². The fourth-order valence-corrected chi connectivity index (χ4v) is 2.64. The van der Waals surface area contributed by atoms with Gasteiger partial charge in [0.05, 0.1) is 0 Å². The van der Waals surface area contributed by atoms with E-state index in [9.17, 15) is 0 Å². The Balaban J connectivity index is 2.24. The van der Waals surface area contributed by atoms with Crippen molar-refractivity contribution in [3.63, 3.8) is 0 Å². The van der Waals surface area contributed by atoms with Gasteiger partial charge in [0.15, 0.2) is 0 Å². The molecule has 2 atom stereocenters. The van der Waals surface area contributed by atoms with Gasteiger partial charge < -0.3 is 10.6 Å². The highest BCUT2D eigenvalue weighted by Crippen LogP contribution is 2.29. The SMILES string of the molecule is CC(C)C1CCCN1c1cc([C@@H](C)N)ccn1. The molecule has 94 valence electrons. The maximum absolute atomic E-state index is 5.93. The largest absolute Gasteiger partial charge is 0.353 e. The Hall–Kier alpha value is -1.09. The normalized spacial score (nSPS) is 22.2. The molecule has 0 spiro atoms. The predicted octanol–water partition coefficient (Wildman–Crippen LogP) is 2.73. The number of nitrogens with zero attached hydrogens (tertiary/aromatic N) is 2. The molecule has 1 aromatic rings. The third kappa shape index (κ3) is 2.60. The zero-order valence-electron chi connectivity index (χ0n) is 11.1. The molecular weight excluding hydrogens is 210 g/mol. The second-order valence-corrected chi connectivity index (χ2v) is 5.38. The van der Waals surface area contributed by atoms with Crippen LogP contribution in [0.25, 0.3) is 0 Å². The number of anilines is 1. The molecule has 2 heterocycles. The average molecular weight is 233 g/mol. The van der Waals surface area contributed by atoms with Crippen LogP contribution in [0.3, 0.4) is 0 Å². The zero-order chi connectivity index (χ0) is 12.4. The second kappa shape index (κ2) is 5.05. The minimum atomic E-state index is 0.0804. The number of rotatable bonds is 3. The zero-order valence-corrected chi connectivity index (χ0v) is 11.1. The van der Waals surface area contributed by atoms with Crippen molar-refractivity contribution in [3.8, 4) is 0 Å². The maximum atomic E-state index is 5.93. The predicted molar refractivity (Wildman–Crippen MR) is 72.0 cm³/mol. The first kappa shape index (κ1) is 12.4. The van der Waals surface area contributed by atoms with Gasteiger partial charge in [-0.2, -0.15) is 0 Å². The van der Waals surface area contributed by atoms with Crippen LogP contribution in [0, 0.1) is 5.92 Å². The van der Waals surface area contributed by atoms with Gasteiger partial charge in [0.1, 0.15) is 5.82 Å². The van der Waals surface area contributed by atoms with E-state index in [0.717, 1.165) is 12.4 Å². The van der Waals surface area contributed by atoms with Gasteiger partial charge >= 0.3 is 0 Å². The van der Waals surface area contributed by atoms with Gasteiger partial charge in [-0.15, -0.1) is 0 Å². The molecule has 3 nitrogen and oxygen atoms in total. The van der Waals surface area contributed by atoms with Crippen LogP contribution in [0.15, 0.2) is 18.3 Å². The van der Waals surface area contributed by atoms with Crippen LogP contribution < -0.4 is 10.6 Å². The molecule has 3 heteroatoms. The van der Waals surface area contributed by atoms with E-state index >= 15 is 0 Å². The lowest BCUT2D eigenvalue weighted by Gasteiger charge is -2.29. The molecule has 2 rings (SSSR count). The van der Waals surface area contributed by atoms with Crippen molar-refractivity contribution in [3.05, 3.63) is 23.9 Å². The molecule has 0 aliphatic carbocycles. The lowest BCUT2D eigenvalue weighted by Crippen LogP contribution is -2.34. The minimum Gasteiger partial charge on any atom is -0.353 e. The molecular formula is C14H23N3. The van der Waals surface area contributed by atoms with Crippen LogP contribution in [-0.4, -0.2) is 17.6 Å². The monoisotopic (exact) mass is 233 g/mol. The van der Waals surface area contributed by atoms with E-state index in [1.54, 1.807) is 0 Å². The number of nitrogens with two attached hydrogens (primary N) is 1. The smallest absolute Gasteiger partial charge is 0.129 e. The molecule has 0 amide bonds. The first-order chi connectivity index (χ1) is 8.09.